The Morgan fingerprint density at radius 2 is 1.92 bits per heavy atom. The number of amides is 4. The molecule has 0 saturated carbocycles. The van der Waals surface area contributed by atoms with Gasteiger partial charge in [-0.15, -0.1) is 0 Å². The molecule has 4 amide bonds. The van der Waals surface area contributed by atoms with E-state index in [2.05, 4.69) is 5.32 Å². The number of likely N-dealkylation sites (tertiary alicyclic amines) is 1. The summed E-state index contributed by atoms with van der Waals surface area (Å²) in [5.74, 6) is -0.183. The number of nitrogens with zero attached hydrogens (tertiary/aromatic N) is 3. The molecule has 2 fully saturated rings. The van der Waals surface area contributed by atoms with Gasteiger partial charge in [0.2, 0.25) is 5.91 Å². The molecular weight excluding hydrogens is 308 g/mol. The van der Waals surface area contributed by atoms with Crippen molar-refractivity contribution in [1.29, 1.82) is 0 Å². The third-order valence-corrected chi connectivity index (χ3v) is 4.60. The van der Waals surface area contributed by atoms with E-state index in [0.717, 1.165) is 5.69 Å². The summed E-state index contributed by atoms with van der Waals surface area (Å²) in [6.45, 7) is 1.18. The van der Waals surface area contributed by atoms with Crippen LogP contribution in [-0.4, -0.2) is 67.4 Å². The van der Waals surface area contributed by atoms with Gasteiger partial charge in [0.25, 0.3) is 5.91 Å². The maximum Gasteiger partial charge on any atom is 0.324 e. The molecule has 2 heterocycles. The summed E-state index contributed by atoms with van der Waals surface area (Å²) in [5, 5.41) is 2.55. The van der Waals surface area contributed by atoms with Crippen LogP contribution >= 0.6 is 0 Å². The van der Waals surface area contributed by atoms with E-state index >= 15 is 0 Å². The molecule has 1 N–H and O–H groups in total. The number of piperidine rings is 1. The van der Waals surface area contributed by atoms with Crippen LogP contribution in [0.2, 0.25) is 0 Å². The Hall–Kier alpha value is -2.57. The standard InChI is InChI=1S/C17H22N4O3/c1-19(2)14-5-3-4-12(10-14)16(23)20-8-6-13(7-9-20)21-15(22)11-18-17(21)24/h3-5,10,13H,6-9,11H2,1-2H3,(H,18,24). The molecule has 2 aliphatic rings. The molecule has 0 aliphatic carbocycles. The highest BCUT2D eigenvalue weighted by atomic mass is 16.2. The number of nitrogens with one attached hydrogen (secondary N) is 1. The molecule has 128 valence electrons. The minimum atomic E-state index is -0.316. The number of benzene rings is 1. The van der Waals surface area contributed by atoms with Crippen molar-refractivity contribution in [3.63, 3.8) is 0 Å². The highest BCUT2D eigenvalue weighted by Gasteiger charge is 2.37. The SMILES string of the molecule is CN(C)c1cccc(C(=O)N2CCC(N3C(=O)CNC3=O)CC2)c1. The van der Waals surface area contributed by atoms with Crippen LogP contribution in [0.15, 0.2) is 24.3 Å². The van der Waals surface area contributed by atoms with E-state index in [4.69, 9.17) is 0 Å². The molecule has 24 heavy (non-hydrogen) atoms. The summed E-state index contributed by atoms with van der Waals surface area (Å²) in [7, 11) is 3.88. The molecule has 1 aromatic carbocycles. The third-order valence-electron chi connectivity index (χ3n) is 4.60. The van der Waals surface area contributed by atoms with Crippen molar-refractivity contribution in [2.75, 3.05) is 38.6 Å². The molecule has 3 rings (SSSR count). The minimum absolute atomic E-state index is 0.00523. The van der Waals surface area contributed by atoms with Gasteiger partial charge in [-0.2, -0.15) is 0 Å². The second-order valence-electron chi connectivity index (χ2n) is 6.39. The molecule has 7 nitrogen and oxygen atoms in total. The Morgan fingerprint density at radius 1 is 1.21 bits per heavy atom. The van der Waals surface area contributed by atoms with Gasteiger partial charge in [-0.1, -0.05) is 6.07 Å². The van der Waals surface area contributed by atoms with Crippen molar-refractivity contribution in [1.82, 2.24) is 15.1 Å². The Kier molecular flexibility index (Phi) is 4.42. The lowest BCUT2D eigenvalue weighted by Gasteiger charge is -2.35. The van der Waals surface area contributed by atoms with Crippen molar-refractivity contribution in [3.05, 3.63) is 29.8 Å². The summed E-state index contributed by atoms with van der Waals surface area (Å²) < 4.78 is 0. The first-order valence-corrected chi connectivity index (χ1v) is 8.14. The Bertz CT molecular complexity index is 650. The van der Waals surface area contributed by atoms with Crippen molar-refractivity contribution in [2.24, 2.45) is 0 Å². The summed E-state index contributed by atoms with van der Waals surface area (Å²) in [5.41, 5.74) is 1.64. The Labute approximate surface area is 141 Å². The molecule has 2 saturated heterocycles. The molecular formula is C17H22N4O3. The second kappa shape index (κ2) is 6.51. The van der Waals surface area contributed by atoms with Gasteiger partial charge >= 0.3 is 6.03 Å². The number of rotatable bonds is 3. The van der Waals surface area contributed by atoms with Gasteiger partial charge in [0, 0.05) is 44.5 Å². The molecule has 0 spiro atoms. The predicted octanol–water partition coefficient (Wildman–Crippen LogP) is 0.909. The molecule has 0 unspecified atom stereocenters. The fraction of sp³-hybridized carbons (Fsp3) is 0.471. The van der Waals surface area contributed by atoms with E-state index in [-0.39, 0.29) is 30.4 Å². The molecule has 7 heteroatoms. The highest BCUT2D eigenvalue weighted by Crippen LogP contribution is 2.21. The maximum atomic E-state index is 12.7. The summed E-state index contributed by atoms with van der Waals surface area (Å²) in [6.07, 6.45) is 1.25. The van der Waals surface area contributed by atoms with Gasteiger partial charge in [-0.05, 0) is 31.0 Å². The average molecular weight is 330 g/mol. The summed E-state index contributed by atoms with van der Waals surface area (Å²) in [6, 6.07) is 7.11. The van der Waals surface area contributed by atoms with Crippen LogP contribution in [0.4, 0.5) is 10.5 Å². The summed E-state index contributed by atoms with van der Waals surface area (Å²) in [4.78, 5) is 41.3. The highest BCUT2D eigenvalue weighted by molar-refractivity contribution is 6.02. The van der Waals surface area contributed by atoms with Crippen LogP contribution in [-0.2, 0) is 4.79 Å². The average Bonchev–Trinajstić information content (AvgIpc) is 2.93. The quantitative estimate of drug-likeness (QED) is 0.836. The van der Waals surface area contributed by atoms with E-state index in [0.29, 0.717) is 31.5 Å². The van der Waals surface area contributed by atoms with E-state index in [9.17, 15) is 14.4 Å². The van der Waals surface area contributed by atoms with Gasteiger partial charge < -0.3 is 15.1 Å². The van der Waals surface area contributed by atoms with E-state index in [1.165, 1.54) is 4.90 Å². The van der Waals surface area contributed by atoms with Crippen molar-refractivity contribution >= 4 is 23.5 Å². The zero-order valence-electron chi connectivity index (χ0n) is 14.0. The van der Waals surface area contributed by atoms with E-state index in [1.807, 2.05) is 43.3 Å². The smallest absolute Gasteiger partial charge is 0.324 e. The molecule has 0 radical (unpaired) electrons. The first kappa shape index (κ1) is 16.3. The number of carbonyl (C=O) groups excluding carboxylic acids is 3. The first-order chi connectivity index (χ1) is 11.5. The fourth-order valence-electron chi connectivity index (χ4n) is 3.23. The van der Waals surface area contributed by atoms with Crippen molar-refractivity contribution in [2.45, 2.75) is 18.9 Å². The third kappa shape index (κ3) is 3.06. The van der Waals surface area contributed by atoms with Crippen LogP contribution in [0.1, 0.15) is 23.2 Å². The van der Waals surface area contributed by atoms with Crippen LogP contribution in [0, 0.1) is 0 Å². The number of carbonyl (C=O) groups is 3. The van der Waals surface area contributed by atoms with Crippen LogP contribution in [0.5, 0.6) is 0 Å². The topological polar surface area (TPSA) is 73.0 Å². The van der Waals surface area contributed by atoms with Crippen LogP contribution < -0.4 is 10.2 Å². The molecule has 0 bridgehead atoms. The van der Waals surface area contributed by atoms with Gasteiger partial charge in [0.05, 0.1) is 6.54 Å². The molecule has 1 aromatic rings. The van der Waals surface area contributed by atoms with Crippen LogP contribution in [0.3, 0.4) is 0 Å². The lowest BCUT2D eigenvalue weighted by molar-refractivity contribution is -0.127. The fourth-order valence-corrected chi connectivity index (χ4v) is 3.23. The largest absolute Gasteiger partial charge is 0.378 e. The van der Waals surface area contributed by atoms with Crippen LogP contribution in [0.25, 0.3) is 0 Å². The zero-order valence-corrected chi connectivity index (χ0v) is 14.0. The monoisotopic (exact) mass is 330 g/mol. The van der Waals surface area contributed by atoms with Crippen molar-refractivity contribution < 1.29 is 14.4 Å². The van der Waals surface area contributed by atoms with Crippen molar-refractivity contribution in [3.8, 4) is 0 Å². The second-order valence-corrected chi connectivity index (χ2v) is 6.39. The Morgan fingerprint density at radius 3 is 2.50 bits per heavy atom. The molecule has 0 atom stereocenters. The number of anilines is 1. The lowest BCUT2D eigenvalue weighted by atomic mass is 10.0. The number of hydrogen-bond acceptors (Lipinski definition) is 4. The predicted molar refractivity (Wildman–Crippen MR) is 89.9 cm³/mol. The zero-order chi connectivity index (χ0) is 17.3. The number of urea groups is 1. The number of imide groups is 1. The van der Waals surface area contributed by atoms with Gasteiger partial charge in [-0.25, -0.2) is 4.79 Å². The van der Waals surface area contributed by atoms with Gasteiger partial charge in [0.1, 0.15) is 0 Å². The van der Waals surface area contributed by atoms with Gasteiger partial charge in [0.15, 0.2) is 0 Å². The first-order valence-electron chi connectivity index (χ1n) is 8.14. The van der Waals surface area contributed by atoms with E-state index < -0.39 is 0 Å². The maximum absolute atomic E-state index is 12.7. The minimum Gasteiger partial charge on any atom is -0.378 e. The number of hydrogen-bond donors (Lipinski definition) is 1. The normalized spacial score (nSPS) is 18.8. The van der Waals surface area contributed by atoms with Gasteiger partial charge in [-0.3, -0.25) is 14.5 Å². The molecule has 2 aliphatic heterocycles. The summed E-state index contributed by atoms with van der Waals surface area (Å²) >= 11 is 0. The van der Waals surface area contributed by atoms with E-state index in [1.54, 1.807) is 4.90 Å². The lowest BCUT2D eigenvalue weighted by Crippen LogP contribution is -2.49. The molecule has 0 aromatic heterocycles. The Balaban J connectivity index is 1.64.